The number of carbonyl (C=O) groups excluding carboxylic acids is 1. The van der Waals surface area contributed by atoms with Crippen molar-refractivity contribution in [2.24, 2.45) is 5.92 Å². The molecule has 0 spiro atoms. The van der Waals surface area contributed by atoms with Gasteiger partial charge in [0.15, 0.2) is 0 Å². The third-order valence-electron chi connectivity index (χ3n) is 6.30. The first-order valence-corrected chi connectivity index (χ1v) is 11.3. The van der Waals surface area contributed by atoms with E-state index in [1.54, 1.807) is 40.1 Å². The van der Waals surface area contributed by atoms with Gasteiger partial charge in [0.2, 0.25) is 0 Å². The van der Waals surface area contributed by atoms with Crippen molar-refractivity contribution in [3.8, 4) is 0 Å². The number of likely N-dealkylation sites (tertiary alicyclic amines) is 1. The van der Waals surface area contributed by atoms with Gasteiger partial charge in [-0.3, -0.25) is 4.90 Å². The molecule has 4 rings (SSSR count). The lowest BCUT2D eigenvalue weighted by atomic mass is 10.0. The number of urea groups is 1. The van der Waals surface area contributed by atoms with Gasteiger partial charge in [-0.25, -0.2) is 4.79 Å². The molecule has 0 N–H and O–H groups in total. The molecule has 4 nitrogen and oxygen atoms in total. The summed E-state index contributed by atoms with van der Waals surface area (Å²) in [6.45, 7) is 6.25. The van der Waals surface area contributed by atoms with Gasteiger partial charge in [0.25, 0.3) is 0 Å². The summed E-state index contributed by atoms with van der Waals surface area (Å²) in [6.07, 6.45) is -2.40. The molecule has 2 amide bonds. The standard InChI is InChI=1S/C24H27ClF3N3O/c1-17-10-13-29(15-17)11-3-12-30-16-22(18-4-2-5-19(14-18)24(26,27)28)31(23(30)32)21-8-6-20(25)7-9-21/h2,4-9,14,17,22H,3,10-13,15-16H2,1H3. The molecule has 2 saturated heterocycles. The number of hydrogen-bond acceptors (Lipinski definition) is 2. The van der Waals surface area contributed by atoms with Crippen molar-refractivity contribution < 1.29 is 18.0 Å². The SMILES string of the molecule is CC1CCN(CCCN2CC(c3cccc(C(F)(F)F)c3)N(c3ccc(Cl)cc3)C2=O)C1. The smallest absolute Gasteiger partial charge is 0.322 e. The fraction of sp³-hybridized carbons (Fsp3) is 0.458. The number of anilines is 1. The Hall–Kier alpha value is -2.25. The van der Waals surface area contributed by atoms with Gasteiger partial charge in [-0.2, -0.15) is 13.2 Å². The third kappa shape index (κ3) is 5.04. The lowest BCUT2D eigenvalue weighted by molar-refractivity contribution is -0.137. The molecule has 2 unspecified atom stereocenters. The quantitative estimate of drug-likeness (QED) is 0.517. The molecule has 32 heavy (non-hydrogen) atoms. The maximum atomic E-state index is 13.3. The second-order valence-corrected chi connectivity index (χ2v) is 9.20. The molecule has 0 aliphatic carbocycles. The Labute approximate surface area is 191 Å². The summed E-state index contributed by atoms with van der Waals surface area (Å²) in [5.41, 5.74) is 0.386. The summed E-state index contributed by atoms with van der Waals surface area (Å²) >= 11 is 6.01. The van der Waals surface area contributed by atoms with Crippen LogP contribution in [0.15, 0.2) is 48.5 Å². The van der Waals surface area contributed by atoms with E-state index in [1.165, 1.54) is 12.5 Å². The van der Waals surface area contributed by atoms with Crippen molar-refractivity contribution in [1.82, 2.24) is 9.80 Å². The predicted octanol–water partition coefficient (Wildman–Crippen LogP) is 6.07. The van der Waals surface area contributed by atoms with E-state index >= 15 is 0 Å². The van der Waals surface area contributed by atoms with Crippen LogP contribution in [0.3, 0.4) is 0 Å². The normalized spacial score (nSPS) is 22.2. The largest absolute Gasteiger partial charge is 0.416 e. The number of benzene rings is 2. The highest BCUT2D eigenvalue weighted by Crippen LogP contribution is 2.37. The average molecular weight is 466 g/mol. The third-order valence-corrected chi connectivity index (χ3v) is 6.55. The summed E-state index contributed by atoms with van der Waals surface area (Å²) in [6, 6.07) is 11.4. The lowest BCUT2D eigenvalue weighted by Gasteiger charge is -2.24. The van der Waals surface area contributed by atoms with Gasteiger partial charge < -0.3 is 9.80 Å². The second kappa shape index (κ2) is 9.32. The van der Waals surface area contributed by atoms with Crippen molar-refractivity contribution in [2.75, 3.05) is 37.6 Å². The van der Waals surface area contributed by atoms with Gasteiger partial charge in [0, 0.05) is 30.3 Å². The van der Waals surface area contributed by atoms with Crippen LogP contribution in [0.4, 0.5) is 23.7 Å². The van der Waals surface area contributed by atoms with E-state index in [0.717, 1.165) is 38.2 Å². The Morgan fingerprint density at radius 3 is 2.47 bits per heavy atom. The fourth-order valence-corrected chi connectivity index (χ4v) is 4.75. The molecule has 2 aliphatic heterocycles. The first-order valence-electron chi connectivity index (χ1n) is 11.0. The zero-order valence-corrected chi connectivity index (χ0v) is 18.7. The maximum absolute atomic E-state index is 13.3. The molecule has 2 aromatic carbocycles. The summed E-state index contributed by atoms with van der Waals surface area (Å²) in [4.78, 5) is 19.1. The first-order chi connectivity index (χ1) is 15.2. The highest BCUT2D eigenvalue weighted by Gasteiger charge is 2.40. The van der Waals surface area contributed by atoms with Crippen LogP contribution in [-0.2, 0) is 6.18 Å². The lowest BCUT2D eigenvalue weighted by Crippen LogP contribution is -2.34. The van der Waals surface area contributed by atoms with Gasteiger partial charge in [-0.1, -0.05) is 30.7 Å². The molecule has 2 atom stereocenters. The summed E-state index contributed by atoms with van der Waals surface area (Å²) < 4.78 is 39.9. The molecule has 172 valence electrons. The zero-order chi connectivity index (χ0) is 22.9. The number of halogens is 4. The second-order valence-electron chi connectivity index (χ2n) is 8.76. The number of nitrogens with zero attached hydrogens (tertiary/aromatic N) is 3. The van der Waals surface area contributed by atoms with Crippen LogP contribution < -0.4 is 4.90 Å². The van der Waals surface area contributed by atoms with Crippen molar-refractivity contribution in [3.63, 3.8) is 0 Å². The van der Waals surface area contributed by atoms with E-state index in [9.17, 15) is 18.0 Å². The molecule has 2 aliphatic rings. The van der Waals surface area contributed by atoms with Crippen molar-refractivity contribution in [3.05, 3.63) is 64.7 Å². The van der Waals surface area contributed by atoms with Crippen LogP contribution in [0.5, 0.6) is 0 Å². The topological polar surface area (TPSA) is 26.8 Å². The first kappa shape index (κ1) is 22.9. The van der Waals surface area contributed by atoms with Crippen molar-refractivity contribution in [1.29, 1.82) is 0 Å². The van der Waals surface area contributed by atoms with E-state index in [4.69, 9.17) is 11.6 Å². The van der Waals surface area contributed by atoms with Crippen molar-refractivity contribution >= 4 is 23.3 Å². The number of alkyl halides is 3. The predicted molar refractivity (Wildman–Crippen MR) is 120 cm³/mol. The molecular weight excluding hydrogens is 439 g/mol. The van der Waals surface area contributed by atoms with Gasteiger partial charge in [-0.05, 0) is 73.8 Å². The zero-order valence-electron chi connectivity index (χ0n) is 18.0. The maximum Gasteiger partial charge on any atom is 0.416 e. The number of rotatable bonds is 6. The number of amides is 2. The van der Waals surface area contributed by atoms with Gasteiger partial charge >= 0.3 is 12.2 Å². The summed E-state index contributed by atoms with van der Waals surface area (Å²) in [7, 11) is 0. The minimum Gasteiger partial charge on any atom is -0.322 e. The molecule has 8 heteroatoms. The summed E-state index contributed by atoms with van der Waals surface area (Å²) in [5.74, 6) is 0.703. The Bertz CT molecular complexity index is 950. The molecule has 0 bridgehead atoms. The monoisotopic (exact) mass is 465 g/mol. The van der Waals surface area contributed by atoms with Crippen molar-refractivity contribution in [2.45, 2.75) is 32.0 Å². The van der Waals surface area contributed by atoms with Gasteiger partial charge in [0.05, 0.1) is 11.6 Å². The molecule has 2 aromatic rings. The van der Waals surface area contributed by atoms with Crippen LogP contribution in [0.2, 0.25) is 5.02 Å². The van der Waals surface area contributed by atoms with Gasteiger partial charge in [0.1, 0.15) is 0 Å². The molecule has 0 aromatic heterocycles. The Morgan fingerprint density at radius 1 is 1.06 bits per heavy atom. The van der Waals surface area contributed by atoms with Crippen LogP contribution in [0.1, 0.15) is 36.9 Å². The van der Waals surface area contributed by atoms with E-state index in [-0.39, 0.29) is 6.03 Å². The molecule has 2 fully saturated rings. The minimum atomic E-state index is -4.43. The number of hydrogen-bond donors (Lipinski definition) is 0. The molecular formula is C24H27ClF3N3O. The van der Waals surface area contributed by atoms with E-state index in [0.29, 0.717) is 35.3 Å². The van der Waals surface area contributed by atoms with Crippen LogP contribution in [-0.4, -0.2) is 48.6 Å². The van der Waals surface area contributed by atoms with Gasteiger partial charge in [-0.15, -0.1) is 0 Å². The van der Waals surface area contributed by atoms with Crippen LogP contribution in [0, 0.1) is 5.92 Å². The Morgan fingerprint density at radius 2 is 1.81 bits per heavy atom. The van der Waals surface area contributed by atoms with Crippen LogP contribution in [0.25, 0.3) is 0 Å². The summed E-state index contributed by atoms with van der Waals surface area (Å²) in [5, 5.41) is 0.535. The number of carbonyl (C=O) groups is 1. The van der Waals surface area contributed by atoms with E-state index in [1.807, 2.05) is 0 Å². The van der Waals surface area contributed by atoms with E-state index in [2.05, 4.69) is 11.8 Å². The minimum absolute atomic E-state index is 0.190. The molecule has 0 radical (unpaired) electrons. The van der Waals surface area contributed by atoms with Crippen LogP contribution >= 0.6 is 11.6 Å². The highest BCUT2D eigenvalue weighted by molar-refractivity contribution is 6.30. The Balaban J connectivity index is 1.55. The molecule has 0 saturated carbocycles. The van der Waals surface area contributed by atoms with E-state index < -0.39 is 17.8 Å². The Kier molecular flexibility index (Phi) is 6.67. The molecule has 2 heterocycles. The average Bonchev–Trinajstić information content (AvgIpc) is 3.31. The fourth-order valence-electron chi connectivity index (χ4n) is 4.62. The highest BCUT2D eigenvalue weighted by atomic mass is 35.5.